The molecule has 1 atom stereocenters. The Hall–Kier alpha value is -3.56. The number of carbonyl (C=O) groups is 2. The Morgan fingerprint density at radius 3 is 2.27 bits per heavy atom. The van der Waals surface area contributed by atoms with E-state index in [0.29, 0.717) is 22.9 Å². The topological polar surface area (TPSA) is 96.0 Å². The van der Waals surface area contributed by atoms with Crippen molar-refractivity contribution in [2.75, 3.05) is 24.5 Å². The number of anilines is 1. The van der Waals surface area contributed by atoms with Crippen molar-refractivity contribution in [2.45, 2.75) is 58.0 Å². The highest BCUT2D eigenvalue weighted by atomic mass is 35.5. The lowest BCUT2D eigenvalue weighted by molar-refractivity contribution is -0.139. The third-order valence-electron chi connectivity index (χ3n) is 6.90. The largest absolute Gasteiger partial charge is 0.497 e. The van der Waals surface area contributed by atoms with E-state index in [1.54, 1.807) is 63.4 Å². The molecule has 0 aliphatic heterocycles. The number of ether oxygens (including phenoxy) is 1. The number of unbranched alkanes of at least 4 members (excludes halogenated alkanes) is 1. The highest BCUT2D eigenvalue weighted by Crippen LogP contribution is 2.31. The third-order valence-corrected chi connectivity index (χ3v) is 9.09. The van der Waals surface area contributed by atoms with Crippen molar-refractivity contribution in [3.63, 3.8) is 0 Å². The fourth-order valence-electron chi connectivity index (χ4n) is 4.26. The number of nitrogens with one attached hydrogen (secondary N) is 1. The van der Waals surface area contributed by atoms with Gasteiger partial charge in [-0.2, -0.15) is 0 Å². The summed E-state index contributed by atoms with van der Waals surface area (Å²) in [6.45, 7) is 7.29. The van der Waals surface area contributed by atoms with Crippen LogP contribution in [0.15, 0.2) is 71.6 Å². The fraction of sp³-hybridized carbons (Fsp3) is 0.355. The van der Waals surface area contributed by atoms with E-state index in [1.165, 1.54) is 17.0 Å². The van der Waals surface area contributed by atoms with Gasteiger partial charge in [-0.3, -0.25) is 13.9 Å². The maximum absolute atomic E-state index is 14.0. The SMILES string of the molecule is CCCCNC(=O)[C@H](C)N(Cc1ccc(OC)cc1)C(=O)CN(c1cccc(Cl)c1C)S(=O)(=O)c1ccc(C)cc1. The van der Waals surface area contributed by atoms with Gasteiger partial charge in [-0.1, -0.05) is 60.8 Å². The molecular formula is C31H38ClN3O5S. The van der Waals surface area contributed by atoms with E-state index >= 15 is 0 Å². The molecule has 0 aromatic heterocycles. The Bertz CT molecular complexity index is 1440. The van der Waals surface area contributed by atoms with Gasteiger partial charge in [-0.25, -0.2) is 8.42 Å². The average Bonchev–Trinajstić information content (AvgIpc) is 2.96. The summed E-state index contributed by atoms with van der Waals surface area (Å²) in [6.07, 6.45) is 1.72. The number of hydrogen-bond donors (Lipinski definition) is 1. The van der Waals surface area contributed by atoms with Gasteiger partial charge in [-0.15, -0.1) is 0 Å². The minimum atomic E-state index is -4.17. The summed E-state index contributed by atoms with van der Waals surface area (Å²) in [7, 11) is -2.61. The first-order chi connectivity index (χ1) is 19.5. The minimum absolute atomic E-state index is 0.0438. The number of hydrogen-bond acceptors (Lipinski definition) is 5. The monoisotopic (exact) mass is 599 g/mol. The molecule has 2 amide bonds. The number of nitrogens with zero attached hydrogens (tertiary/aromatic N) is 2. The normalized spacial score (nSPS) is 12.0. The Morgan fingerprint density at radius 2 is 1.66 bits per heavy atom. The number of amides is 2. The van der Waals surface area contributed by atoms with E-state index in [9.17, 15) is 18.0 Å². The van der Waals surface area contributed by atoms with Crippen LogP contribution in [0.5, 0.6) is 5.75 Å². The number of rotatable bonds is 13. The molecule has 0 unspecified atom stereocenters. The summed E-state index contributed by atoms with van der Waals surface area (Å²) < 4.78 is 34.3. The van der Waals surface area contributed by atoms with Gasteiger partial charge >= 0.3 is 0 Å². The van der Waals surface area contributed by atoms with Crippen LogP contribution in [0.4, 0.5) is 5.69 Å². The predicted octanol–water partition coefficient (Wildman–Crippen LogP) is 5.49. The standard InChI is InChI=1S/C31H38ClN3O5S/c1-6-7-19-33-31(37)24(4)34(20-25-13-15-26(40-5)16-14-25)30(36)21-35(29-10-8-9-28(32)23(29)3)41(38,39)27-17-11-22(2)12-18-27/h8-18,24H,6-7,19-21H2,1-5H3,(H,33,37)/t24-/m0/s1. The molecule has 0 saturated carbocycles. The van der Waals surface area contributed by atoms with Crippen molar-refractivity contribution in [3.05, 3.63) is 88.4 Å². The molecule has 1 N–H and O–H groups in total. The predicted molar refractivity (Wildman–Crippen MR) is 163 cm³/mol. The summed E-state index contributed by atoms with van der Waals surface area (Å²) in [5, 5.41) is 3.26. The van der Waals surface area contributed by atoms with Gasteiger partial charge in [0.15, 0.2) is 0 Å². The molecule has 0 fully saturated rings. The highest BCUT2D eigenvalue weighted by Gasteiger charge is 2.33. The second kappa shape index (κ2) is 14.4. The summed E-state index contributed by atoms with van der Waals surface area (Å²) in [5.74, 6) is -0.190. The van der Waals surface area contributed by atoms with Crippen molar-refractivity contribution >= 4 is 39.1 Å². The van der Waals surface area contributed by atoms with Gasteiger partial charge in [0.1, 0.15) is 18.3 Å². The molecule has 0 aliphatic rings. The Balaban J connectivity index is 2.03. The van der Waals surface area contributed by atoms with Gasteiger partial charge in [0, 0.05) is 18.1 Å². The number of sulfonamides is 1. The molecule has 0 spiro atoms. The van der Waals surface area contributed by atoms with Crippen LogP contribution in [-0.2, 0) is 26.2 Å². The average molecular weight is 600 g/mol. The lowest BCUT2D eigenvalue weighted by Gasteiger charge is -2.32. The zero-order chi connectivity index (χ0) is 30.2. The van der Waals surface area contributed by atoms with Crippen LogP contribution < -0.4 is 14.4 Å². The van der Waals surface area contributed by atoms with Crippen molar-refractivity contribution in [1.29, 1.82) is 0 Å². The van der Waals surface area contributed by atoms with E-state index in [4.69, 9.17) is 16.3 Å². The maximum Gasteiger partial charge on any atom is 0.264 e. The van der Waals surface area contributed by atoms with Crippen LogP contribution in [0.25, 0.3) is 0 Å². The molecule has 0 radical (unpaired) electrons. The third kappa shape index (κ3) is 8.01. The first-order valence-corrected chi connectivity index (χ1v) is 15.4. The maximum atomic E-state index is 14.0. The number of aryl methyl sites for hydroxylation is 1. The summed E-state index contributed by atoms with van der Waals surface area (Å²) in [5.41, 5.74) is 2.47. The van der Waals surface area contributed by atoms with Crippen LogP contribution in [0.1, 0.15) is 43.4 Å². The lowest BCUT2D eigenvalue weighted by atomic mass is 10.1. The quantitative estimate of drug-likeness (QED) is 0.262. The molecule has 0 saturated heterocycles. The molecule has 3 aromatic rings. The van der Waals surface area contributed by atoms with Gasteiger partial charge in [-0.05, 0) is 74.7 Å². The molecule has 220 valence electrons. The highest BCUT2D eigenvalue weighted by molar-refractivity contribution is 7.92. The van der Waals surface area contributed by atoms with Crippen LogP contribution in [0, 0.1) is 13.8 Å². The van der Waals surface area contributed by atoms with E-state index < -0.39 is 28.5 Å². The molecule has 0 bridgehead atoms. The number of halogens is 1. The van der Waals surface area contributed by atoms with E-state index in [1.807, 2.05) is 26.0 Å². The van der Waals surface area contributed by atoms with Crippen molar-refractivity contribution in [1.82, 2.24) is 10.2 Å². The lowest BCUT2D eigenvalue weighted by Crippen LogP contribution is -2.51. The van der Waals surface area contributed by atoms with Gasteiger partial charge in [0.05, 0.1) is 17.7 Å². The van der Waals surface area contributed by atoms with Crippen molar-refractivity contribution in [3.8, 4) is 5.75 Å². The van der Waals surface area contributed by atoms with Crippen molar-refractivity contribution in [2.24, 2.45) is 0 Å². The van der Waals surface area contributed by atoms with Gasteiger partial charge < -0.3 is 15.0 Å². The zero-order valence-electron chi connectivity index (χ0n) is 24.2. The second-order valence-corrected chi connectivity index (χ2v) is 12.2. The Labute approximate surface area is 248 Å². The first kappa shape index (κ1) is 32.0. The molecule has 0 heterocycles. The van der Waals surface area contributed by atoms with Crippen molar-refractivity contribution < 1.29 is 22.7 Å². The number of methoxy groups -OCH3 is 1. The number of carbonyl (C=O) groups excluding carboxylic acids is 2. The molecule has 3 rings (SSSR count). The number of benzene rings is 3. The molecule has 8 nitrogen and oxygen atoms in total. The molecule has 0 aliphatic carbocycles. The van der Waals surface area contributed by atoms with Crippen LogP contribution in [-0.4, -0.2) is 51.4 Å². The molecular weight excluding hydrogens is 562 g/mol. The van der Waals surface area contributed by atoms with Gasteiger partial charge in [0.2, 0.25) is 11.8 Å². The summed E-state index contributed by atoms with van der Waals surface area (Å²) >= 11 is 6.38. The smallest absolute Gasteiger partial charge is 0.264 e. The molecule has 10 heteroatoms. The first-order valence-electron chi connectivity index (χ1n) is 13.5. The van der Waals surface area contributed by atoms with E-state index in [2.05, 4.69) is 5.32 Å². The van der Waals surface area contributed by atoms with E-state index in [-0.39, 0.29) is 23.0 Å². The Kier molecular flexibility index (Phi) is 11.2. The minimum Gasteiger partial charge on any atom is -0.497 e. The Morgan fingerprint density at radius 1 is 1.00 bits per heavy atom. The zero-order valence-corrected chi connectivity index (χ0v) is 25.8. The fourth-order valence-corrected chi connectivity index (χ4v) is 5.90. The van der Waals surface area contributed by atoms with Crippen LogP contribution in [0.2, 0.25) is 5.02 Å². The summed E-state index contributed by atoms with van der Waals surface area (Å²) in [4.78, 5) is 28.6. The molecule has 3 aromatic carbocycles. The van der Waals surface area contributed by atoms with E-state index in [0.717, 1.165) is 28.3 Å². The second-order valence-electron chi connectivity index (χ2n) is 9.90. The van der Waals surface area contributed by atoms with Crippen LogP contribution >= 0.6 is 11.6 Å². The van der Waals surface area contributed by atoms with Crippen LogP contribution in [0.3, 0.4) is 0 Å². The van der Waals surface area contributed by atoms with Gasteiger partial charge in [0.25, 0.3) is 10.0 Å². The summed E-state index contributed by atoms with van der Waals surface area (Å²) in [6, 6.07) is 17.7. The molecule has 41 heavy (non-hydrogen) atoms.